The zero-order chi connectivity index (χ0) is 8.97. The van der Waals surface area contributed by atoms with Crippen LogP contribution >= 0.6 is 0 Å². The van der Waals surface area contributed by atoms with Gasteiger partial charge in [-0.25, -0.2) is 0 Å². The molecule has 3 nitrogen and oxygen atoms in total. The van der Waals surface area contributed by atoms with Crippen molar-refractivity contribution in [2.45, 2.75) is 20.5 Å². The highest BCUT2D eigenvalue weighted by molar-refractivity contribution is 5.34. The Morgan fingerprint density at radius 1 is 1.58 bits per heavy atom. The molecule has 0 aliphatic heterocycles. The predicted molar refractivity (Wildman–Crippen MR) is 46.1 cm³/mol. The Morgan fingerprint density at radius 2 is 2.33 bits per heavy atom. The number of nitrogens with zero attached hydrogens (tertiary/aromatic N) is 1. The number of aliphatic hydroxyl groups excluding tert-OH is 1. The summed E-state index contributed by atoms with van der Waals surface area (Å²) in [5.41, 5.74) is 1.60. The molecule has 0 amide bonds. The van der Waals surface area contributed by atoms with Crippen LogP contribution in [0.4, 0.5) is 0 Å². The molecule has 0 fully saturated rings. The van der Waals surface area contributed by atoms with Crippen molar-refractivity contribution < 1.29 is 9.84 Å². The molecule has 1 N–H and O–H groups in total. The van der Waals surface area contributed by atoms with E-state index in [2.05, 4.69) is 4.98 Å². The van der Waals surface area contributed by atoms with Crippen molar-refractivity contribution in [1.82, 2.24) is 4.98 Å². The lowest BCUT2D eigenvalue weighted by Crippen LogP contribution is -2.00. The number of hydrogen-bond donors (Lipinski definition) is 1. The Kier molecular flexibility index (Phi) is 3.05. The lowest BCUT2D eigenvalue weighted by atomic mass is 10.2. The van der Waals surface area contributed by atoms with Crippen LogP contribution < -0.4 is 4.74 Å². The summed E-state index contributed by atoms with van der Waals surface area (Å²) in [6.45, 7) is 4.36. The van der Waals surface area contributed by atoms with Crippen molar-refractivity contribution in [2.75, 3.05) is 6.61 Å². The maximum absolute atomic E-state index is 9.01. The van der Waals surface area contributed by atoms with Crippen molar-refractivity contribution in [2.24, 2.45) is 0 Å². The standard InChI is InChI=1S/C9H13NO2/c1-3-12-9-4-5-10-7(2)8(9)6-11/h4-5,11H,3,6H2,1-2H3. The Bertz CT molecular complexity index is 261. The minimum atomic E-state index is -0.0188. The van der Waals surface area contributed by atoms with Crippen LogP contribution in [0.5, 0.6) is 5.75 Å². The van der Waals surface area contributed by atoms with Gasteiger partial charge in [-0.05, 0) is 19.9 Å². The third kappa shape index (κ3) is 1.74. The monoisotopic (exact) mass is 167 g/mol. The fourth-order valence-corrected chi connectivity index (χ4v) is 1.06. The van der Waals surface area contributed by atoms with Gasteiger partial charge in [0, 0.05) is 17.5 Å². The van der Waals surface area contributed by atoms with E-state index in [9.17, 15) is 0 Å². The number of rotatable bonds is 3. The highest BCUT2D eigenvalue weighted by Gasteiger charge is 2.04. The van der Waals surface area contributed by atoms with Crippen molar-refractivity contribution >= 4 is 0 Å². The van der Waals surface area contributed by atoms with Gasteiger partial charge in [-0.15, -0.1) is 0 Å². The average Bonchev–Trinajstić information content (AvgIpc) is 2.05. The second kappa shape index (κ2) is 4.07. The first-order valence-corrected chi connectivity index (χ1v) is 3.97. The summed E-state index contributed by atoms with van der Waals surface area (Å²) in [6, 6.07) is 1.77. The first-order valence-electron chi connectivity index (χ1n) is 3.97. The molecule has 0 unspecified atom stereocenters. The third-order valence-electron chi connectivity index (χ3n) is 1.69. The number of aromatic nitrogens is 1. The molecule has 0 spiro atoms. The van der Waals surface area contributed by atoms with Crippen LogP contribution in [0.25, 0.3) is 0 Å². The van der Waals surface area contributed by atoms with Crippen molar-refractivity contribution in [3.05, 3.63) is 23.5 Å². The summed E-state index contributed by atoms with van der Waals surface area (Å²) in [6.07, 6.45) is 1.68. The summed E-state index contributed by atoms with van der Waals surface area (Å²) in [5, 5.41) is 9.01. The van der Waals surface area contributed by atoms with E-state index >= 15 is 0 Å². The van der Waals surface area contributed by atoms with E-state index in [-0.39, 0.29) is 6.61 Å². The highest BCUT2D eigenvalue weighted by Crippen LogP contribution is 2.19. The maximum atomic E-state index is 9.01. The van der Waals surface area contributed by atoms with Crippen LogP contribution in [-0.4, -0.2) is 16.7 Å². The smallest absolute Gasteiger partial charge is 0.128 e. The molecule has 0 saturated carbocycles. The van der Waals surface area contributed by atoms with Gasteiger partial charge in [-0.1, -0.05) is 0 Å². The number of hydrogen-bond acceptors (Lipinski definition) is 3. The van der Waals surface area contributed by atoms with Crippen molar-refractivity contribution in [3.8, 4) is 5.75 Å². The second-order valence-electron chi connectivity index (χ2n) is 2.46. The Labute approximate surface area is 72.0 Å². The molecule has 3 heteroatoms. The molecule has 0 saturated heterocycles. The molecule has 66 valence electrons. The molecular weight excluding hydrogens is 154 g/mol. The van der Waals surface area contributed by atoms with Crippen LogP contribution in [0.1, 0.15) is 18.2 Å². The zero-order valence-electron chi connectivity index (χ0n) is 7.37. The lowest BCUT2D eigenvalue weighted by molar-refractivity contribution is 0.265. The summed E-state index contributed by atoms with van der Waals surface area (Å²) < 4.78 is 5.31. The van der Waals surface area contributed by atoms with Gasteiger partial charge >= 0.3 is 0 Å². The van der Waals surface area contributed by atoms with Gasteiger partial charge in [0.1, 0.15) is 5.75 Å². The molecule has 0 aromatic carbocycles. The maximum Gasteiger partial charge on any atom is 0.128 e. The number of ether oxygens (including phenoxy) is 1. The average molecular weight is 167 g/mol. The molecule has 0 atom stereocenters. The highest BCUT2D eigenvalue weighted by atomic mass is 16.5. The molecule has 0 radical (unpaired) electrons. The van der Waals surface area contributed by atoms with E-state index in [1.54, 1.807) is 12.3 Å². The molecule has 1 heterocycles. The van der Waals surface area contributed by atoms with Crippen LogP contribution in [0.2, 0.25) is 0 Å². The first-order chi connectivity index (χ1) is 5.79. The van der Waals surface area contributed by atoms with Crippen molar-refractivity contribution in [3.63, 3.8) is 0 Å². The molecule has 0 bridgehead atoms. The molecule has 1 aromatic rings. The molecule has 1 aromatic heterocycles. The Morgan fingerprint density at radius 3 is 2.92 bits per heavy atom. The van der Waals surface area contributed by atoms with E-state index < -0.39 is 0 Å². The Balaban J connectivity index is 3.00. The molecule has 0 aliphatic rings. The predicted octanol–water partition coefficient (Wildman–Crippen LogP) is 1.28. The van der Waals surface area contributed by atoms with Gasteiger partial charge in [0.25, 0.3) is 0 Å². The largest absolute Gasteiger partial charge is 0.493 e. The van der Waals surface area contributed by atoms with Gasteiger partial charge in [0.2, 0.25) is 0 Å². The summed E-state index contributed by atoms with van der Waals surface area (Å²) >= 11 is 0. The fraction of sp³-hybridized carbons (Fsp3) is 0.444. The molecule has 1 rings (SSSR count). The van der Waals surface area contributed by atoms with Crippen LogP contribution in [0.3, 0.4) is 0 Å². The summed E-state index contributed by atoms with van der Waals surface area (Å²) in [5.74, 6) is 0.729. The molecular formula is C9H13NO2. The third-order valence-corrected chi connectivity index (χ3v) is 1.69. The summed E-state index contributed by atoms with van der Waals surface area (Å²) in [4.78, 5) is 4.05. The Hall–Kier alpha value is -1.09. The van der Waals surface area contributed by atoms with Gasteiger partial charge < -0.3 is 9.84 Å². The van der Waals surface area contributed by atoms with Crippen molar-refractivity contribution in [1.29, 1.82) is 0 Å². The quantitative estimate of drug-likeness (QED) is 0.737. The summed E-state index contributed by atoms with van der Waals surface area (Å²) in [7, 11) is 0. The second-order valence-corrected chi connectivity index (χ2v) is 2.46. The normalized spacial score (nSPS) is 9.92. The van der Waals surface area contributed by atoms with Crippen LogP contribution in [0, 0.1) is 6.92 Å². The minimum Gasteiger partial charge on any atom is -0.493 e. The van der Waals surface area contributed by atoms with E-state index in [0.29, 0.717) is 6.61 Å². The first kappa shape index (κ1) is 9.00. The fourth-order valence-electron chi connectivity index (χ4n) is 1.06. The number of aliphatic hydroxyl groups is 1. The molecule has 12 heavy (non-hydrogen) atoms. The number of aryl methyl sites for hydroxylation is 1. The van der Waals surface area contributed by atoms with E-state index in [4.69, 9.17) is 9.84 Å². The zero-order valence-corrected chi connectivity index (χ0v) is 7.37. The topological polar surface area (TPSA) is 42.4 Å². The van der Waals surface area contributed by atoms with E-state index in [1.807, 2.05) is 13.8 Å². The number of pyridine rings is 1. The van der Waals surface area contributed by atoms with Gasteiger partial charge in [-0.2, -0.15) is 0 Å². The minimum absolute atomic E-state index is 0.0188. The van der Waals surface area contributed by atoms with Gasteiger partial charge in [0.05, 0.1) is 13.2 Å². The van der Waals surface area contributed by atoms with Crippen LogP contribution in [-0.2, 0) is 6.61 Å². The van der Waals surface area contributed by atoms with Gasteiger partial charge in [0.15, 0.2) is 0 Å². The lowest BCUT2D eigenvalue weighted by Gasteiger charge is -2.09. The molecule has 0 aliphatic carbocycles. The van der Waals surface area contributed by atoms with E-state index in [0.717, 1.165) is 17.0 Å². The van der Waals surface area contributed by atoms with Crippen LogP contribution in [0.15, 0.2) is 12.3 Å². The van der Waals surface area contributed by atoms with Gasteiger partial charge in [-0.3, -0.25) is 4.98 Å². The van der Waals surface area contributed by atoms with E-state index in [1.165, 1.54) is 0 Å². The SMILES string of the molecule is CCOc1ccnc(C)c1CO.